The second-order valence-electron chi connectivity index (χ2n) is 6.91. The Kier molecular flexibility index (Phi) is 7.89. The number of nitrogens with zero attached hydrogens (tertiary/aromatic N) is 1. The van der Waals surface area contributed by atoms with Crippen LogP contribution in [0.2, 0.25) is 0 Å². The van der Waals surface area contributed by atoms with Gasteiger partial charge in [0.05, 0.1) is 31.1 Å². The van der Waals surface area contributed by atoms with E-state index in [1.807, 2.05) is 74.6 Å². The van der Waals surface area contributed by atoms with E-state index in [0.717, 1.165) is 29.3 Å². The summed E-state index contributed by atoms with van der Waals surface area (Å²) in [6, 6.07) is 17.4. The first-order chi connectivity index (χ1) is 14.7. The van der Waals surface area contributed by atoms with E-state index in [9.17, 15) is 4.79 Å². The van der Waals surface area contributed by atoms with Gasteiger partial charge in [0, 0.05) is 6.42 Å². The first-order valence-electron chi connectivity index (χ1n) is 10.5. The number of benzene rings is 2. The van der Waals surface area contributed by atoms with Gasteiger partial charge in [0.25, 0.3) is 0 Å². The molecule has 0 saturated heterocycles. The quantitative estimate of drug-likeness (QED) is 0.443. The summed E-state index contributed by atoms with van der Waals surface area (Å²) in [6.07, 6.45) is 3.57. The van der Waals surface area contributed by atoms with E-state index in [4.69, 9.17) is 9.47 Å². The minimum atomic E-state index is -0.144. The van der Waals surface area contributed by atoms with Gasteiger partial charge in [0.15, 0.2) is 11.5 Å². The first-order valence-corrected chi connectivity index (χ1v) is 10.5. The average molecular weight is 408 g/mol. The number of nitrogens with one attached hydrogen (secondary N) is 2. The molecule has 6 nitrogen and oxygen atoms in total. The number of carbonyl (C=O) groups is 1. The molecule has 1 amide bonds. The molecule has 6 heteroatoms. The number of H-pyrrole nitrogens is 1. The van der Waals surface area contributed by atoms with Crippen molar-refractivity contribution in [1.82, 2.24) is 15.3 Å². The molecule has 0 spiro atoms. The van der Waals surface area contributed by atoms with Crippen LogP contribution in [0.15, 0.2) is 60.8 Å². The van der Waals surface area contributed by atoms with Crippen LogP contribution in [-0.4, -0.2) is 29.1 Å². The summed E-state index contributed by atoms with van der Waals surface area (Å²) < 4.78 is 11.3. The number of hydrogen-bond acceptors (Lipinski definition) is 4. The number of para-hydroxylation sites is 2. The molecule has 3 aromatic rings. The molecular weight excluding hydrogens is 378 g/mol. The molecule has 30 heavy (non-hydrogen) atoms. The minimum absolute atomic E-state index is 0.0128. The topological polar surface area (TPSA) is 76.2 Å². The molecule has 0 bridgehead atoms. The normalized spacial score (nSPS) is 11.7. The lowest BCUT2D eigenvalue weighted by molar-refractivity contribution is -0.122. The summed E-state index contributed by atoms with van der Waals surface area (Å²) >= 11 is 0. The van der Waals surface area contributed by atoms with Crippen LogP contribution in [0.3, 0.4) is 0 Å². The molecule has 1 heterocycles. The molecular formula is C24H29N3O3. The van der Waals surface area contributed by atoms with Crippen molar-refractivity contribution in [2.45, 2.75) is 39.2 Å². The Bertz CT molecular complexity index is 924. The monoisotopic (exact) mass is 407 g/mol. The lowest BCUT2D eigenvalue weighted by Gasteiger charge is -2.15. The van der Waals surface area contributed by atoms with Gasteiger partial charge in [-0.25, -0.2) is 4.98 Å². The van der Waals surface area contributed by atoms with Crippen LogP contribution in [0.5, 0.6) is 11.5 Å². The van der Waals surface area contributed by atoms with Gasteiger partial charge in [-0.15, -0.1) is 0 Å². The SMILES string of the molecule is CCOc1ccccc1OCCCC(=O)NC(CC)c1ncc(-c2ccccc2)[nH]1. The molecule has 0 aliphatic carbocycles. The second kappa shape index (κ2) is 11.0. The first kappa shape index (κ1) is 21.4. The van der Waals surface area contributed by atoms with Crippen molar-refractivity contribution in [2.24, 2.45) is 0 Å². The number of carbonyl (C=O) groups excluding carboxylic acids is 1. The van der Waals surface area contributed by atoms with Crippen LogP contribution >= 0.6 is 0 Å². The second-order valence-corrected chi connectivity index (χ2v) is 6.91. The van der Waals surface area contributed by atoms with Gasteiger partial charge in [-0.1, -0.05) is 49.4 Å². The third-order valence-corrected chi connectivity index (χ3v) is 4.71. The standard InChI is InChI=1S/C24H29N3O3/c1-3-19(24-25-17-20(27-24)18-11-6-5-7-12-18)26-23(28)15-10-16-30-22-14-9-8-13-21(22)29-4-2/h5-9,11-14,17,19H,3-4,10,15-16H2,1-2H3,(H,25,27)(H,26,28). The Morgan fingerprint density at radius 3 is 2.43 bits per heavy atom. The maximum Gasteiger partial charge on any atom is 0.220 e. The average Bonchev–Trinajstić information content (AvgIpc) is 3.27. The molecule has 0 aliphatic heterocycles. The summed E-state index contributed by atoms with van der Waals surface area (Å²) in [4.78, 5) is 20.2. The molecule has 2 aromatic carbocycles. The molecule has 3 rings (SSSR count). The van der Waals surface area contributed by atoms with Gasteiger partial charge >= 0.3 is 0 Å². The van der Waals surface area contributed by atoms with E-state index in [-0.39, 0.29) is 11.9 Å². The van der Waals surface area contributed by atoms with E-state index in [1.54, 1.807) is 0 Å². The Balaban J connectivity index is 1.47. The number of hydrogen-bond donors (Lipinski definition) is 2. The molecule has 0 saturated carbocycles. The smallest absolute Gasteiger partial charge is 0.220 e. The van der Waals surface area contributed by atoms with Crippen LogP contribution in [-0.2, 0) is 4.79 Å². The largest absolute Gasteiger partial charge is 0.490 e. The summed E-state index contributed by atoms with van der Waals surface area (Å²) in [5.41, 5.74) is 2.02. The predicted octanol–water partition coefficient (Wildman–Crippen LogP) is 4.90. The molecule has 1 atom stereocenters. The van der Waals surface area contributed by atoms with Gasteiger partial charge < -0.3 is 19.8 Å². The fraction of sp³-hybridized carbons (Fsp3) is 0.333. The van der Waals surface area contributed by atoms with Crippen LogP contribution < -0.4 is 14.8 Å². The summed E-state index contributed by atoms with van der Waals surface area (Å²) in [5.74, 6) is 2.19. The number of rotatable bonds is 11. The minimum Gasteiger partial charge on any atom is -0.490 e. The molecule has 0 radical (unpaired) electrons. The fourth-order valence-electron chi connectivity index (χ4n) is 3.17. The predicted molar refractivity (Wildman–Crippen MR) is 118 cm³/mol. The van der Waals surface area contributed by atoms with Crippen LogP contribution in [0.4, 0.5) is 0 Å². The highest BCUT2D eigenvalue weighted by Gasteiger charge is 2.16. The number of aromatic amines is 1. The van der Waals surface area contributed by atoms with E-state index >= 15 is 0 Å². The number of amides is 1. The zero-order valence-electron chi connectivity index (χ0n) is 17.6. The molecule has 2 N–H and O–H groups in total. The van der Waals surface area contributed by atoms with E-state index < -0.39 is 0 Å². The Hall–Kier alpha value is -3.28. The van der Waals surface area contributed by atoms with E-state index in [1.165, 1.54) is 0 Å². The third-order valence-electron chi connectivity index (χ3n) is 4.71. The Morgan fingerprint density at radius 1 is 1.03 bits per heavy atom. The number of imidazole rings is 1. The lowest BCUT2D eigenvalue weighted by Crippen LogP contribution is -2.29. The van der Waals surface area contributed by atoms with Gasteiger partial charge in [-0.05, 0) is 37.5 Å². The summed E-state index contributed by atoms with van der Waals surface area (Å²) in [6.45, 7) is 5.00. The highest BCUT2D eigenvalue weighted by Crippen LogP contribution is 2.26. The van der Waals surface area contributed by atoms with Crippen molar-refractivity contribution >= 4 is 5.91 Å². The molecule has 1 aromatic heterocycles. The number of aromatic nitrogens is 2. The molecule has 158 valence electrons. The van der Waals surface area contributed by atoms with Crippen LogP contribution in [0, 0.1) is 0 Å². The van der Waals surface area contributed by atoms with Crippen molar-refractivity contribution in [3.05, 3.63) is 66.6 Å². The van der Waals surface area contributed by atoms with Crippen molar-refractivity contribution in [2.75, 3.05) is 13.2 Å². The van der Waals surface area contributed by atoms with Gasteiger partial charge in [0.1, 0.15) is 5.82 Å². The van der Waals surface area contributed by atoms with E-state index in [2.05, 4.69) is 15.3 Å². The molecule has 0 fully saturated rings. The Morgan fingerprint density at radius 2 is 1.73 bits per heavy atom. The molecule has 0 aliphatic rings. The maximum absolute atomic E-state index is 12.4. The van der Waals surface area contributed by atoms with Gasteiger partial charge in [-0.3, -0.25) is 4.79 Å². The van der Waals surface area contributed by atoms with Crippen LogP contribution in [0.1, 0.15) is 45.0 Å². The van der Waals surface area contributed by atoms with Gasteiger partial charge in [-0.2, -0.15) is 0 Å². The van der Waals surface area contributed by atoms with Crippen molar-refractivity contribution in [3.8, 4) is 22.8 Å². The van der Waals surface area contributed by atoms with Crippen molar-refractivity contribution in [3.63, 3.8) is 0 Å². The summed E-state index contributed by atoms with van der Waals surface area (Å²) in [5, 5.41) is 3.07. The highest BCUT2D eigenvalue weighted by atomic mass is 16.5. The Labute approximate surface area is 177 Å². The van der Waals surface area contributed by atoms with Crippen LogP contribution in [0.25, 0.3) is 11.3 Å². The lowest BCUT2D eigenvalue weighted by atomic mass is 10.2. The third kappa shape index (κ3) is 5.86. The maximum atomic E-state index is 12.4. The zero-order chi connectivity index (χ0) is 21.2. The zero-order valence-corrected chi connectivity index (χ0v) is 17.6. The molecule has 1 unspecified atom stereocenters. The van der Waals surface area contributed by atoms with Crippen molar-refractivity contribution in [1.29, 1.82) is 0 Å². The fourth-order valence-corrected chi connectivity index (χ4v) is 3.17. The van der Waals surface area contributed by atoms with Gasteiger partial charge in [0.2, 0.25) is 5.91 Å². The van der Waals surface area contributed by atoms with Crippen molar-refractivity contribution < 1.29 is 14.3 Å². The summed E-state index contributed by atoms with van der Waals surface area (Å²) in [7, 11) is 0. The number of ether oxygens (including phenoxy) is 2. The highest BCUT2D eigenvalue weighted by molar-refractivity contribution is 5.76. The van der Waals surface area contributed by atoms with E-state index in [0.29, 0.717) is 31.8 Å².